The third-order valence-corrected chi connectivity index (χ3v) is 4.89. The fraction of sp³-hybridized carbons (Fsp3) is 0.611. The van der Waals surface area contributed by atoms with E-state index in [0.29, 0.717) is 13.1 Å². The molecule has 4 nitrogen and oxygen atoms in total. The minimum Gasteiger partial charge on any atom is -0.444 e. The number of nitrogens with zero attached hydrogens (tertiary/aromatic N) is 1. The Morgan fingerprint density at radius 2 is 2.09 bits per heavy atom. The number of amides is 1. The first-order chi connectivity index (χ1) is 10.8. The molecule has 0 bridgehead atoms. The lowest BCUT2D eigenvalue weighted by Crippen LogP contribution is -2.36. The number of aliphatic hydroxyl groups excluding tert-OH is 1. The number of hydrogen-bond acceptors (Lipinski definition) is 4. The van der Waals surface area contributed by atoms with Crippen LogP contribution >= 0.6 is 11.8 Å². The van der Waals surface area contributed by atoms with Gasteiger partial charge in [0.2, 0.25) is 0 Å². The minimum absolute atomic E-state index is 0.152. The number of thioether (sulfide) groups is 1. The number of carbonyl (C=O) groups is 1. The van der Waals surface area contributed by atoms with Gasteiger partial charge in [0, 0.05) is 29.7 Å². The molecular formula is C18H27NO3S. The Morgan fingerprint density at radius 1 is 1.39 bits per heavy atom. The fourth-order valence-corrected chi connectivity index (χ4v) is 3.59. The molecule has 5 heteroatoms. The summed E-state index contributed by atoms with van der Waals surface area (Å²) < 4.78 is 5.39. The SMILES string of the molecule is CC(C)(C)OC(=O)N1CC[C@H]([C@H](O)CCSc2ccccc2)C1. The van der Waals surface area contributed by atoms with Crippen LogP contribution < -0.4 is 0 Å². The molecule has 1 saturated heterocycles. The molecule has 0 aromatic heterocycles. The van der Waals surface area contributed by atoms with Gasteiger partial charge in [-0.15, -0.1) is 11.8 Å². The van der Waals surface area contributed by atoms with Crippen molar-refractivity contribution in [1.29, 1.82) is 0 Å². The topological polar surface area (TPSA) is 49.8 Å². The van der Waals surface area contributed by atoms with Gasteiger partial charge in [0.15, 0.2) is 0 Å². The molecule has 23 heavy (non-hydrogen) atoms. The van der Waals surface area contributed by atoms with Gasteiger partial charge in [0.05, 0.1) is 6.10 Å². The van der Waals surface area contributed by atoms with Crippen LogP contribution in [0, 0.1) is 5.92 Å². The molecule has 0 spiro atoms. The van der Waals surface area contributed by atoms with Gasteiger partial charge in [-0.05, 0) is 45.7 Å². The second kappa shape index (κ2) is 8.06. The maximum absolute atomic E-state index is 12.0. The second-order valence-electron chi connectivity index (χ2n) is 6.99. The molecule has 0 unspecified atom stereocenters. The van der Waals surface area contributed by atoms with Crippen molar-refractivity contribution in [3.63, 3.8) is 0 Å². The van der Waals surface area contributed by atoms with Crippen LogP contribution in [0.5, 0.6) is 0 Å². The number of rotatable bonds is 5. The van der Waals surface area contributed by atoms with E-state index < -0.39 is 5.60 Å². The first-order valence-corrected chi connectivity index (χ1v) is 9.17. The molecule has 0 radical (unpaired) electrons. The van der Waals surface area contributed by atoms with Gasteiger partial charge in [-0.2, -0.15) is 0 Å². The van der Waals surface area contributed by atoms with E-state index in [1.807, 2.05) is 39.0 Å². The molecule has 1 heterocycles. The zero-order chi connectivity index (χ0) is 16.9. The lowest BCUT2D eigenvalue weighted by molar-refractivity contribution is 0.0268. The summed E-state index contributed by atoms with van der Waals surface area (Å²) in [5.41, 5.74) is -0.472. The van der Waals surface area contributed by atoms with Crippen molar-refractivity contribution < 1.29 is 14.6 Å². The summed E-state index contributed by atoms with van der Waals surface area (Å²) in [6, 6.07) is 10.2. The van der Waals surface area contributed by atoms with Crippen LogP contribution in [-0.4, -0.2) is 46.6 Å². The van der Waals surface area contributed by atoms with Gasteiger partial charge in [0.1, 0.15) is 5.60 Å². The van der Waals surface area contributed by atoms with E-state index in [0.717, 1.165) is 18.6 Å². The average Bonchev–Trinajstić information content (AvgIpc) is 2.96. The molecular weight excluding hydrogens is 310 g/mol. The second-order valence-corrected chi connectivity index (χ2v) is 8.16. The van der Waals surface area contributed by atoms with Crippen molar-refractivity contribution in [2.75, 3.05) is 18.8 Å². The molecule has 1 aliphatic rings. The van der Waals surface area contributed by atoms with Gasteiger partial charge in [0.25, 0.3) is 0 Å². The summed E-state index contributed by atoms with van der Waals surface area (Å²) in [5, 5.41) is 10.4. The summed E-state index contributed by atoms with van der Waals surface area (Å²) in [7, 11) is 0. The van der Waals surface area contributed by atoms with Crippen molar-refractivity contribution in [2.45, 2.75) is 50.2 Å². The van der Waals surface area contributed by atoms with Gasteiger partial charge in [-0.3, -0.25) is 0 Å². The van der Waals surface area contributed by atoms with Crippen LogP contribution in [0.2, 0.25) is 0 Å². The molecule has 128 valence electrons. The molecule has 2 atom stereocenters. The van der Waals surface area contributed by atoms with E-state index in [9.17, 15) is 9.90 Å². The van der Waals surface area contributed by atoms with E-state index in [4.69, 9.17) is 4.74 Å². The molecule has 1 aromatic carbocycles. The lowest BCUT2D eigenvalue weighted by atomic mass is 10.00. The summed E-state index contributed by atoms with van der Waals surface area (Å²) in [5.74, 6) is 1.03. The zero-order valence-electron chi connectivity index (χ0n) is 14.2. The number of carbonyl (C=O) groups excluding carboxylic acids is 1. The molecule has 1 N–H and O–H groups in total. The van der Waals surface area contributed by atoms with Crippen molar-refractivity contribution >= 4 is 17.9 Å². The Labute approximate surface area is 143 Å². The molecule has 1 aromatic rings. The molecule has 1 amide bonds. The Bertz CT molecular complexity index is 501. The Morgan fingerprint density at radius 3 is 2.74 bits per heavy atom. The summed E-state index contributed by atoms with van der Waals surface area (Å²) in [6.45, 7) is 6.87. The van der Waals surface area contributed by atoms with Crippen LogP contribution in [0.25, 0.3) is 0 Å². The fourth-order valence-electron chi connectivity index (χ4n) is 2.64. The third-order valence-electron chi connectivity index (χ3n) is 3.85. The van der Waals surface area contributed by atoms with E-state index in [1.165, 1.54) is 4.90 Å². The van der Waals surface area contributed by atoms with Crippen molar-refractivity contribution in [3.8, 4) is 0 Å². The number of aliphatic hydroxyl groups is 1. The molecule has 1 fully saturated rings. The predicted octanol–water partition coefficient (Wildman–Crippen LogP) is 3.79. The Kier molecular flexibility index (Phi) is 6.36. The van der Waals surface area contributed by atoms with Crippen molar-refractivity contribution in [1.82, 2.24) is 4.90 Å². The lowest BCUT2D eigenvalue weighted by Gasteiger charge is -2.25. The van der Waals surface area contributed by atoms with Crippen LogP contribution in [0.15, 0.2) is 35.2 Å². The smallest absolute Gasteiger partial charge is 0.410 e. The largest absolute Gasteiger partial charge is 0.444 e. The molecule has 1 aliphatic heterocycles. The highest BCUT2D eigenvalue weighted by Gasteiger charge is 2.33. The predicted molar refractivity (Wildman–Crippen MR) is 93.7 cm³/mol. The molecule has 0 aliphatic carbocycles. The average molecular weight is 337 g/mol. The van der Waals surface area contributed by atoms with Gasteiger partial charge >= 0.3 is 6.09 Å². The van der Waals surface area contributed by atoms with E-state index in [-0.39, 0.29) is 18.1 Å². The monoisotopic (exact) mass is 337 g/mol. The highest BCUT2D eigenvalue weighted by atomic mass is 32.2. The van der Waals surface area contributed by atoms with Crippen molar-refractivity contribution in [3.05, 3.63) is 30.3 Å². The highest BCUT2D eigenvalue weighted by Crippen LogP contribution is 2.26. The van der Waals surface area contributed by atoms with Crippen LogP contribution in [-0.2, 0) is 4.74 Å². The van der Waals surface area contributed by atoms with Crippen molar-refractivity contribution in [2.24, 2.45) is 5.92 Å². The highest BCUT2D eigenvalue weighted by molar-refractivity contribution is 7.99. The summed E-state index contributed by atoms with van der Waals surface area (Å²) >= 11 is 1.76. The molecule has 2 rings (SSSR count). The van der Waals surface area contributed by atoms with Gasteiger partial charge in [-0.1, -0.05) is 18.2 Å². The van der Waals surface area contributed by atoms with Gasteiger partial charge in [-0.25, -0.2) is 4.79 Å². The van der Waals surface area contributed by atoms with E-state index in [1.54, 1.807) is 16.7 Å². The third kappa shape index (κ3) is 6.07. The first kappa shape index (κ1) is 18.1. The van der Waals surface area contributed by atoms with E-state index in [2.05, 4.69) is 12.1 Å². The zero-order valence-corrected chi connectivity index (χ0v) is 15.0. The van der Waals surface area contributed by atoms with E-state index >= 15 is 0 Å². The number of ether oxygens (including phenoxy) is 1. The quantitative estimate of drug-likeness (QED) is 0.831. The summed E-state index contributed by atoms with van der Waals surface area (Å²) in [4.78, 5) is 15.0. The van der Waals surface area contributed by atoms with Crippen LogP contribution in [0.1, 0.15) is 33.6 Å². The maximum Gasteiger partial charge on any atom is 0.410 e. The number of benzene rings is 1. The number of likely N-dealkylation sites (tertiary alicyclic amines) is 1. The van der Waals surface area contributed by atoms with Crippen LogP contribution in [0.4, 0.5) is 4.79 Å². The van der Waals surface area contributed by atoms with Gasteiger partial charge < -0.3 is 14.7 Å². The Balaban J connectivity index is 1.72. The van der Waals surface area contributed by atoms with Crippen LogP contribution in [0.3, 0.4) is 0 Å². The Hall–Kier alpha value is -1.20. The summed E-state index contributed by atoms with van der Waals surface area (Å²) in [6.07, 6.45) is 0.951. The standard InChI is InChI=1S/C18H27NO3S/c1-18(2,3)22-17(21)19-11-9-14(13-19)16(20)10-12-23-15-7-5-4-6-8-15/h4-8,14,16,20H,9-13H2,1-3H3/t14-,16+/m0/s1. The molecule has 0 saturated carbocycles. The normalized spacial score (nSPS) is 19.7. The minimum atomic E-state index is -0.472. The maximum atomic E-state index is 12.0. The first-order valence-electron chi connectivity index (χ1n) is 8.19. The number of hydrogen-bond donors (Lipinski definition) is 1.